The van der Waals surface area contributed by atoms with Crippen molar-refractivity contribution in [3.63, 3.8) is 0 Å². The highest BCUT2D eigenvalue weighted by Crippen LogP contribution is 2.17. The topological polar surface area (TPSA) is 75.0 Å². The Morgan fingerprint density at radius 3 is 3.18 bits per heavy atom. The van der Waals surface area contributed by atoms with E-state index in [9.17, 15) is 4.79 Å². The Morgan fingerprint density at radius 2 is 2.41 bits per heavy atom. The van der Waals surface area contributed by atoms with Gasteiger partial charge in [0.2, 0.25) is 5.91 Å². The summed E-state index contributed by atoms with van der Waals surface area (Å²) in [4.78, 5) is 13.4. The Bertz CT molecular complexity index is 562. The van der Waals surface area contributed by atoms with Gasteiger partial charge in [-0.3, -0.25) is 9.89 Å². The fourth-order valence-corrected chi connectivity index (χ4v) is 2.27. The summed E-state index contributed by atoms with van der Waals surface area (Å²) in [5.41, 5.74) is 7.89. The van der Waals surface area contributed by atoms with E-state index >= 15 is 0 Å². The normalized spacial score (nSPS) is 20.4. The number of nitrogens with one attached hydrogen (secondary N) is 1. The van der Waals surface area contributed by atoms with Crippen LogP contribution < -0.4 is 5.73 Å². The molecule has 1 aliphatic heterocycles. The van der Waals surface area contributed by atoms with Crippen molar-refractivity contribution in [2.75, 3.05) is 6.54 Å². The molecule has 2 aromatic rings. The molecule has 2 heterocycles. The van der Waals surface area contributed by atoms with Crippen LogP contribution in [0.2, 0.25) is 0 Å². The highest BCUT2D eigenvalue weighted by Gasteiger charge is 2.26. The van der Waals surface area contributed by atoms with E-state index in [1.807, 2.05) is 17.0 Å². The van der Waals surface area contributed by atoms with Gasteiger partial charge in [-0.05, 0) is 17.7 Å². The third-order valence-corrected chi connectivity index (χ3v) is 3.12. The Labute approximate surface area is 98.6 Å². The van der Waals surface area contributed by atoms with Crippen LogP contribution in [0.4, 0.5) is 0 Å². The predicted molar refractivity (Wildman–Crippen MR) is 64.1 cm³/mol. The molecule has 0 spiro atoms. The minimum atomic E-state index is -0.0137. The highest BCUT2D eigenvalue weighted by molar-refractivity contribution is 5.80. The number of H-pyrrole nitrogens is 1. The van der Waals surface area contributed by atoms with Crippen molar-refractivity contribution in [3.8, 4) is 0 Å². The lowest BCUT2D eigenvalue weighted by Gasteiger charge is -2.15. The zero-order valence-electron chi connectivity index (χ0n) is 9.39. The molecule has 1 aromatic carbocycles. The highest BCUT2D eigenvalue weighted by atomic mass is 16.2. The first kappa shape index (κ1) is 10.3. The fraction of sp³-hybridized carbons (Fsp3) is 0.333. The first-order valence-electron chi connectivity index (χ1n) is 5.68. The standard InChI is InChI=1S/C12H14N4O/c13-10-4-12(17)16(7-10)6-8-1-2-11-9(3-8)5-14-15-11/h1-3,5,10H,4,6-7,13H2,(H,14,15). The SMILES string of the molecule is NC1CC(=O)N(Cc2ccc3[nH]ncc3c2)C1. The van der Waals surface area contributed by atoms with Gasteiger partial charge in [0, 0.05) is 30.9 Å². The number of likely N-dealkylation sites (tertiary alicyclic amines) is 1. The molecule has 3 N–H and O–H groups in total. The molecule has 1 atom stereocenters. The van der Waals surface area contributed by atoms with Crippen molar-refractivity contribution in [1.82, 2.24) is 15.1 Å². The number of fused-ring (bicyclic) bond motifs is 1. The van der Waals surface area contributed by atoms with Gasteiger partial charge < -0.3 is 10.6 Å². The Hall–Kier alpha value is -1.88. The first-order chi connectivity index (χ1) is 8.22. The molecule has 17 heavy (non-hydrogen) atoms. The van der Waals surface area contributed by atoms with E-state index in [1.165, 1.54) is 0 Å². The van der Waals surface area contributed by atoms with Crippen LogP contribution in [0.1, 0.15) is 12.0 Å². The van der Waals surface area contributed by atoms with Gasteiger partial charge in [-0.15, -0.1) is 0 Å². The van der Waals surface area contributed by atoms with Crippen molar-refractivity contribution in [1.29, 1.82) is 0 Å². The Kier molecular flexibility index (Phi) is 2.33. The number of benzene rings is 1. The summed E-state index contributed by atoms with van der Waals surface area (Å²) in [5.74, 6) is 0.143. The van der Waals surface area contributed by atoms with Crippen LogP contribution in [-0.4, -0.2) is 33.6 Å². The molecule has 1 amide bonds. The molecule has 1 unspecified atom stereocenters. The number of rotatable bonds is 2. The average Bonchev–Trinajstić information content (AvgIpc) is 2.85. The van der Waals surface area contributed by atoms with Crippen LogP contribution in [-0.2, 0) is 11.3 Å². The molecule has 5 heteroatoms. The molecule has 0 bridgehead atoms. The number of hydrogen-bond donors (Lipinski definition) is 2. The van der Waals surface area contributed by atoms with Crippen LogP contribution in [0.3, 0.4) is 0 Å². The van der Waals surface area contributed by atoms with Crippen LogP contribution in [0.15, 0.2) is 24.4 Å². The van der Waals surface area contributed by atoms with Crippen LogP contribution in [0.25, 0.3) is 10.9 Å². The molecule has 5 nitrogen and oxygen atoms in total. The summed E-state index contributed by atoms with van der Waals surface area (Å²) in [6.45, 7) is 1.29. The first-order valence-corrected chi connectivity index (χ1v) is 5.68. The largest absolute Gasteiger partial charge is 0.337 e. The summed E-state index contributed by atoms with van der Waals surface area (Å²) < 4.78 is 0. The van der Waals surface area contributed by atoms with Gasteiger partial charge in [0.1, 0.15) is 0 Å². The second-order valence-electron chi connectivity index (χ2n) is 4.53. The number of nitrogens with zero attached hydrogens (tertiary/aromatic N) is 2. The van der Waals surface area contributed by atoms with E-state index < -0.39 is 0 Å². The summed E-state index contributed by atoms with van der Waals surface area (Å²) in [5, 5.41) is 7.95. The number of aromatic nitrogens is 2. The van der Waals surface area contributed by atoms with E-state index in [2.05, 4.69) is 16.3 Å². The minimum absolute atomic E-state index is 0.0137. The van der Waals surface area contributed by atoms with Crippen molar-refractivity contribution in [2.45, 2.75) is 19.0 Å². The smallest absolute Gasteiger partial charge is 0.224 e. The zero-order chi connectivity index (χ0) is 11.8. The van der Waals surface area contributed by atoms with Crippen LogP contribution >= 0.6 is 0 Å². The zero-order valence-corrected chi connectivity index (χ0v) is 9.39. The summed E-state index contributed by atoms with van der Waals surface area (Å²) in [6, 6.07) is 6.03. The Balaban J connectivity index is 1.82. The number of aromatic amines is 1. The number of nitrogens with two attached hydrogens (primary N) is 1. The van der Waals surface area contributed by atoms with Crippen molar-refractivity contribution >= 4 is 16.8 Å². The molecule has 3 rings (SSSR count). The van der Waals surface area contributed by atoms with Crippen LogP contribution in [0.5, 0.6) is 0 Å². The molecule has 1 saturated heterocycles. The third kappa shape index (κ3) is 1.89. The molecule has 0 aliphatic carbocycles. The van der Waals surface area contributed by atoms with Crippen molar-refractivity contribution < 1.29 is 4.79 Å². The molecular formula is C12H14N4O. The maximum atomic E-state index is 11.6. The lowest BCUT2D eigenvalue weighted by molar-refractivity contribution is -0.128. The van der Waals surface area contributed by atoms with Gasteiger partial charge in [-0.1, -0.05) is 6.07 Å². The Morgan fingerprint density at radius 1 is 1.53 bits per heavy atom. The lowest BCUT2D eigenvalue weighted by atomic mass is 10.1. The second kappa shape index (κ2) is 3.85. The average molecular weight is 230 g/mol. The molecule has 1 aromatic heterocycles. The molecule has 1 fully saturated rings. The summed E-state index contributed by atoms with van der Waals surface area (Å²) in [6.07, 6.45) is 2.25. The number of amides is 1. The second-order valence-corrected chi connectivity index (χ2v) is 4.53. The van der Waals surface area contributed by atoms with Gasteiger partial charge >= 0.3 is 0 Å². The molecule has 88 valence electrons. The number of carbonyl (C=O) groups excluding carboxylic acids is 1. The van der Waals surface area contributed by atoms with Crippen LogP contribution in [0, 0.1) is 0 Å². The fourth-order valence-electron chi connectivity index (χ4n) is 2.27. The summed E-state index contributed by atoms with van der Waals surface area (Å²) >= 11 is 0. The van der Waals surface area contributed by atoms with E-state index in [-0.39, 0.29) is 11.9 Å². The third-order valence-electron chi connectivity index (χ3n) is 3.12. The molecule has 0 radical (unpaired) electrons. The quantitative estimate of drug-likeness (QED) is 0.794. The lowest BCUT2D eigenvalue weighted by Crippen LogP contribution is -2.27. The van der Waals surface area contributed by atoms with E-state index in [1.54, 1.807) is 6.20 Å². The van der Waals surface area contributed by atoms with Gasteiger partial charge in [-0.25, -0.2) is 0 Å². The van der Waals surface area contributed by atoms with Crippen molar-refractivity contribution in [2.24, 2.45) is 5.73 Å². The van der Waals surface area contributed by atoms with Gasteiger partial charge in [0.25, 0.3) is 0 Å². The predicted octanol–water partition coefficient (Wildman–Crippen LogP) is 0.622. The van der Waals surface area contributed by atoms with Gasteiger partial charge in [0.05, 0.1) is 11.7 Å². The number of hydrogen-bond acceptors (Lipinski definition) is 3. The van der Waals surface area contributed by atoms with Gasteiger partial charge in [0.15, 0.2) is 0 Å². The van der Waals surface area contributed by atoms with E-state index in [0.29, 0.717) is 19.5 Å². The molecule has 1 aliphatic rings. The molecular weight excluding hydrogens is 216 g/mol. The maximum absolute atomic E-state index is 11.6. The van der Waals surface area contributed by atoms with Crippen molar-refractivity contribution in [3.05, 3.63) is 30.0 Å². The summed E-state index contributed by atoms with van der Waals surface area (Å²) in [7, 11) is 0. The monoisotopic (exact) mass is 230 g/mol. The minimum Gasteiger partial charge on any atom is -0.337 e. The molecule has 0 saturated carbocycles. The number of carbonyl (C=O) groups is 1. The van der Waals surface area contributed by atoms with E-state index in [4.69, 9.17) is 5.73 Å². The van der Waals surface area contributed by atoms with Gasteiger partial charge in [-0.2, -0.15) is 5.10 Å². The maximum Gasteiger partial charge on any atom is 0.224 e. The van der Waals surface area contributed by atoms with E-state index in [0.717, 1.165) is 16.5 Å².